The average Bonchev–Trinajstić information content (AvgIpc) is 2.63. The molecular formula is C18H19N3O3. The number of carbonyl (C=O) groups is 2. The van der Waals surface area contributed by atoms with Crippen molar-refractivity contribution in [1.29, 1.82) is 0 Å². The summed E-state index contributed by atoms with van der Waals surface area (Å²) in [6.07, 6.45) is 3.97. The van der Waals surface area contributed by atoms with Gasteiger partial charge in [0.15, 0.2) is 5.75 Å². The van der Waals surface area contributed by atoms with E-state index in [1.165, 1.54) is 6.20 Å². The quantitative estimate of drug-likeness (QED) is 0.942. The smallest absolute Gasteiger partial charge is 0.409 e. The van der Waals surface area contributed by atoms with Crippen LogP contribution >= 0.6 is 0 Å². The summed E-state index contributed by atoms with van der Waals surface area (Å²) < 4.78 is 5.27. The van der Waals surface area contributed by atoms with Crippen LogP contribution in [0.3, 0.4) is 0 Å². The Morgan fingerprint density at radius 1 is 1.08 bits per heavy atom. The number of aromatic nitrogens is 1. The van der Waals surface area contributed by atoms with E-state index < -0.39 is 6.09 Å². The Balaban J connectivity index is 1.48. The number of piperidine rings is 1. The summed E-state index contributed by atoms with van der Waals surface area (Å²) in [7, 11) is 0. The van der Waals surface area contributed by atoms with Crippen molar-refractivity contribution in [1.82, 2.24) is 9.88 Å². The lowest BCUT2D eigenvalue weighted by Crippen LogP contribution is -2.42. The molecule has 0 saturated carbocycles. The lowest BCUT2D eigenvalue weighted by atomic mass is 9.96. The minimum absolute atomic E-state index is 0.00137. The molecule has 1 N–H and O–H groups in total. The van der Waals surface area contributed by atoms with Crippen molar-refractivity contribution < 1.29 is 14.3 Å². The molecular weight excluding hydrogens is 306 g/mol. The molecule has 0 aliphatic carbocycles. The second kappa shape index (κ2) is 7.59. The lowest BCUT2D eigenvalue weighted by molar-refractivity contribution is -0.121. The zero-order valence-electron chi connectivity index (χ0n) is 13.2. The zero-order chi connectivity index (χ0) is 16.8. The number of hydrogen-bond donors (Lipinski definition) is 1. The van der Waals surface area contributed by atoms with Crippen LogP contribution in [0.1, 0.15) is 12.8 Å². The number of likely N-dealkylation sites (tertiary alicyclic amines) is 1. The molecule has 1 aliphatic rings. The molecule has 1 fully saturated rings. The summed E-state index contributed by atoms with van der Waals surface area (Å²) in [6, 6.07) is 12.8. The Kier molecular flexibility index (Phi) is 5.05. The molecule has 24 heavy (non-hydrogen) atoms. The van der Waals surface area contributed by atoms with Gasteiger partial charge in [-0.05, 0) is 37.1 Å². The van der Waals surface area contributed by atoms with Gasteiger partial charge in [-0.15, -0.1) is 0 Å². The number of anilines is 1. The van der Waals surface area contributed by atoms with E-state index >= 15 is 0 Å². The van der Waals surface area contributed by atoms with Gasteiger partial charge < -0.3 is 15.0 Å². The lowest BCUT2D eigenvalue weighted by Gasteiger charge is -2.30. The number of carbonyl (C=O) groups excluding carboxylic acids is 2. The molecule has 1 aromatic carbocycles. The first kappa shape index (κ1) is 16.0. The van der Waals surface area contributed by atoms with Crippen LogP contribution in [0.2, 0.25) is 0 Å². The molecule has 1 saturated heterocycles. The molecule has 2 heterocycles. The molecule has 0 radical (unpaired) electrons. The van der Waals surface area contributed by atoms with Crippen LogP contribution in [0.25, 0.3) is 0 Å². The number of ether oxygens (including phenoxy) is 1. The summed E-state index contributed by atoms with van der Waals surface area (Å²) in [5.74, 6) is 0.334. The molecule has 6 nitrogen and oxygen atoms in total. The summed E-state index contributed by atoms with van der Waals surface area (Å²) >= 11 is 0. The average molecular weight is 325 g/mol. The maximum absolute atomic E-state index is 12.3. The van der Waals surface area contributed by atoms with Crippen molar-refractivity contribution in [3.63, 3.8) is 0 Å². The van der Waals surface area contributed by atoms with E-state index in [-0.39, 0.29) is 11.8 Å². The van der Waals surface area contributed by atoms with E-state index in [0.717, 1.165) is 5.69 Å². The van der Waals surface area contributed by atoms with Gasteiger partial charge >= 0.3 is 6.09 Å². The predicted molar refractivity (Wildman–Crippen MR) is 89.6 cm³/mol. The van der Waals surface area contributed by atoms with Crippen LogP contribution in [0, 0.1) is 5.92 Å². The van der Waals surface area contributed by atoms with Crippen molar-refractivity contribution >= 4 is 17.7 Å². The minimum Gasteiger partial charge on any atom is -0.409 e. The third-order valence-electron chi connectivity index (χ3n) is 4.00. The van der Waals surface area contributed by atoms with Gasteiger partial charge in [-0.3, -0.25) is 9.78 Å². The largest absolute Gasteiger partial charge is 0.415 e. The molecule has 1 aromatic heterocycles. The Labute approximate surface area is 140 Å². The molecule has 6 heteroatoms. The maximum atomic E-state index is 12.3. The number of para-hydroxylation sites is 1. The van der Waals surface area contributed by atoms with Crippen LogP contribution in [0.15, 0.2) is 54.9 Å². The Hall–Kier alpha value is -2.89. The standard InChI is InChI=1S/C18H19N3O3/c22-17(20-15-5-2-1-3-6-15)14-8-11-21(12-9-14)18(23)24-16-7-4-10-19-13-16/h1-7,10,13-14H,8-9,11-12H2,(H,20,22). The van der Waals surface area contributed by atoms with Crippen molar-refractivity contribution in [3.05, 3.63) is 54.9 Å². The van der Waals surface area contributed by atoms with Gasteiger partial charge in [0.2, 0.25) is 5.91 Å². The summed E-state index contributed by atoms with van der Waals surface area (Å²) in [6.45, 7) is 1.01. The SMILES string of the molecule is O=C(Nc1ccccc1)C1CCN(C(=O)Oc2cccnc2)CC1. The van der Waals surface area contributed by atoms with E-state index in [0.29, 0.717) is 31.7 Å². The first-order valence-electron chi connectivity index (χ1n) is 7.95. The highest BCUT2D eigenvalue weighted by Gasteiger charge is 2.28. The Morgan fingerprint density at radius 2 is 1.83 bits per heavy atom. The van der Waals surface area contributed by atoms with E-state index in [4.69, 9.17) is 4.74 Å². The van der Waals surface area contributed by atoms with Gasteiger partial charge in [-0.1, -0.05) is 18.2 Å². The van der Waals surface area contributed by atoms with E-state index in [1.54, 1.807) is 23.2 Å². The molecule has 1 aliphatic heterocycles. The number of benzene rings is 1. The first-order chi connectivity index (χ1) is 11.7. The van der Waals surface area contributed by atoms with Crippen molar-refractivity contribution in [2.24, 2.45) is 5.92 Å². The third kappa shape index (κ3) is 4.10. The van der Waals surface area contributed by atoms with Crippen molar-refractivity contribution in [2.75, 3.05) is 18.4 Å². The Morgan fingerprint density at radius 3 is 2.50 bits per heavy atom. The highest BCUT2D eigenvalue weighted by atomic mass is 16.6. The monoisotopic (exact) mass is 325 g/mol. The van der Waals surface area contributed by atoms with Gasteiger partial charge in [0.05, 0.1) is 6.20 Å². The highest BCUT2D eigenvalue weighted by molar-refractivity contribution is 5.92. The van der Waals surface area contributed by atoms with Gasteiger partial charge in [-0.2, -0.15) is 0 Å². The van der Waals surface area contributed by atoms with Gasteiger partial charge in [0.25, 0.3) is 0 Å². The highest BCUT2D eigenvalue weighted by Crippen LogP contribution is 2.20. The Bertz CT molecular complexity index is 622. The van der Waals surface area contributed by atoms with Gasteiger partial charge in [0, 0.05) is 30.9 Å². The molecule has 3 rings (SSSR count). The molecule has 124 valence electrons. The van der Waals surface area contributed by atoms with Crippen LogP contribution in [-0.2, 0) is 4.79 Å². The summed E-state index contributed by atoms with van der Waals surface area (Å²) in [4.78, 5) is 29.9. The van der Waals surface area contributed by atoms with Gasteiger partial charge in [-0.25, -0.2) is 4.79 Å². The van der Waals surface area contributed by atoms with E-state index in [2.05, 4.69) is 10.3 Å². The molecule has 0 bridgehead atoms. The predicted octanol–water partition coefficient (Wildman–Crippen LogP) is 2.93. The number of hydrogen-bond acceptors (Lipinski definition) is 4. The van der Waals surface area contributed by atoms with E-state index in [9.17, 15) is 9.59 Å². The third-order valence-corrected chi connectivity index (χ3v) is 4.00. The molecule has 0 atom stereocenters. The fraction of sp³-hybridized carbons (Fsp3) is 0.278. The van der Waals surface area contributed by atoms with E-state index in [1.807, 2.05) is 30.3 Å². The fourth-order valence-electron chi connectivity index (χ4n) is 2.66. The zero-order valence-corrected chi connectivity index (χ0v) is 13.2. The first-order valence-corrected chi connectivity index (χ1v) is 7.95. The van der Waals surface area contributed by atoms with Crippen LogP contribution in [0.5, 0.6) is 5.75 Å². The van der Waals surface area contributed by atoms with Crippen LogP contribution in [-0.4, -0.2) is 35.0 Å². The van der Waals surface area contributed by atoms with Crippen molar-refractivity contribution in [3.8, 4) is 5.75 Å². The number of amides is 2. The maximum Gasteiger partial charge on any atom is 0.415 e. The van der Waals surface area contributed by atoms with Crippen LogP contribution in [0.4, 0.5) is 10.5 Å². The number of nitrogens with zero attached hydrogens (tertiary/aromatic N) is 2. The molecule has 0 unspecified atom stereocenters. The fourth-order valence-corrected chi connectivity index (χ4v) is 2.66. The number of rotatable bonds is 3. The molecule has 2 amide bonds. The van der Waals surface area contributed by atoms with Crippen molar-refractivity contribution in [2.45, 2.75) is 12.8 Å². The van der Waals surface area contributed by atoms with Crippen LogP contribution < -0.4 is 10.1 Å². The number of pyridine rings is 1. The topological polar surface area (TPSA) is 71.5 Å². The van der Waals surface area contributed by atoms with Gasteiger partial charge in [0.1, 0.15) is 0 Å². The summed E-state index contributed by atoms with van der Waals surface area (Å²) in [5.41, 5.74) is 0.793. The number of nitrogens with one attached hydrogen (secondary N) is 1. The second-order valence-corrected chi connectivity index (χ2v) is 5.67. The molecule has 0 spiro atoms. The molecule has 2 aromatic rings. The normalized spacial score (nSPS) is 14.9. The summed E-state index contributed by atoms with van der Waals surface area (Å²) in [5, 5.41) is 2.91. The minimum atomic E-state index is -0.398. The second-order valence-electron chi connectivity index (χ2n) is 5.67.